The van der Waals surface area contributed by atoms with Gasteiger partial charge < -0.3 is 0 Å². The van der Waals surface area contributed by atoms with E-state index in [-0.39, 0.29) is 7.60 Å². The van der Waals surface area contributed by atoms with Gasteiger partial charge in [-0.15, -0.1) is 0 Å². The zero-order valence-corrected chi connectivity index (χ0v) is 22.9. The number of unbranched alkanes of at least 4 members (excludes halogenated alkanes) is 2. The molecule has 0 aliphatic carbocycles. The van der Waals surface area contributed by atoms with Crippen LogP contribution in [-0.2, 0) is 0 Å². The van der Waals surface area contributed by atoms with Crippen molar-refractivity contribution in [2.75, 3.05) is 38.0 Å². The predicted octanol–water partition coefficient (Wildman–Crippen LogP) is 6.01. The van der Waals surface area contributed by atoms with Crippen molar-refractivity contribution in [3.05, 3.63) is 59.7 Å². The van der Waals surface area contributed by atoms with Gasteiger partial charge in [-0.2, -0.15) is 0 Å². The van der Waals surface area contributed by atoms with Gasteiger partial charge in [-0.05, 0) is 0 Å². The SMILES string of the molecule is CCC[CH2][Sn]([CH2]CCC)([C](=O)c1ccc(N(C)C)cc1)[C](=O)c1ccc(N(C)C)cc1. The Labute approximate surface area is 192 Å². The van der Waals surface area contributed by atoms with Crippen LogP contribution in [0, 0.1) is 0 Å². The number of hydrogen-bond acceptors (Lipinski definition) is 4. The zero-order valence-electron chi connectivity index (χ0n) is 20.1. The van der Waals surface area contributed by atoms with Crippen LogP contribution in [0.1, 0.15) is 60.2 Å². The summed E-state index contributed by atoms with van der Waals surface area (Å²) in [4.78, 5) is 32.0. The van der Waals surface area contributed by atoms with Crippen molar-refractivity contribution in [2.45, 2.75) is 48.4 Å². The molecule has 0 bridgehead atoms. The van der Waals surface area contributed by atoms with Crippen LogP contribution in [0.25, 0.3) is 0 Å². The molecule has 0 saturated carbocycles. The van der Waals surface area contributed by atoms with E-state index in [2.05, 4.69) is 13.8 Å². The summed E-state index contributed by atoms with van der Waals surface area (Å²) < 4.78 is 1.94. The molecule has 0 aromatic heterocycles. The molecule has 0 N–H and O–H groups in total. The van der Waals surface area contributed by atoms with E-state index in [0.717, 1.165) is 45.9 Å². The van der Waals surface area contributed by atoms with E-state index in [1.807, 2.05) is 86.5 Å². The van der Waals surface area contributed by atoms with Crippen molar-refractivity contribution < 1.29 is 9.59 Å². The Morgan fingerprint density at radius 1 is 0.645 bits per heavy atom. The summed E-state index contributed by atoms with van der Waals surface area (Å²) in [6.45, 7) is 4.28. The van der Waals surface area contributed by atoms with Crippen molar-refractivity contribution in [1.29, 1.82) is 0 Å². The molecule has 2 rings (SSSR count). The Balaban J connectivity index is 2.51. The number of hydrogen-bond donors (Lipinski definition) is 0. The van der Waals surface area contributed by atoms with E-state index in [9.17, 15) is 9.59 Å². The Kier molecular flexibility index (Phi) is 9.60. The summed E-state index contributed by atoms with van der Waals surface area (Å²) in [5.74, 6) is 0. The van der Waals surface area contributed by atoms with Gasteiger partial charge in [0, 0.05) is 0 Å². The first-order valence-electron chi connectivity index (χ1n) is 11.4. The van der Waals surface area contributed by atoms with Gasteiger partial charge >= 0.3 is 193 Å². The van der Waals surface area contributed by atoms with Gasteiger partial charge in [-0.1, -0.05) is 0 Å². The van der Waals surface area contributed by atoms with Gasteiger partial charge in [0.15, 0.2) is 0 Å². The molecule has 0 spiro atoms. The monoisotopic (exact) mass is 530 g/mol. The molecule has 168 valence electrons. The van der Waals surface area contributed by atoms with Crippen LogP contribution in [-0.4, -0.2) is 54.2 Å². The topological polar surface area (TPSA) is 40.6 Å². The Bertz CT molecular complexity index is 784. The van der Waals surface area contributed by atoms with Gasteiger partial charge in [0.25, 0.3) is 0 Å². The summed E-state index contributed by atoms with van der Waals surface area (Å²) in [7, 11) is 7.96. The normalized spacial score (nSPS) is 11.3. The van der Waals surface area contributed by atoms with Crippen molar-refractivity contribution in [3.8, 4) is 0 Å². The van der Waals surface area contributed by atoms with Gasteiger partial charge in [0.1, 0.15) is 0 Å². The molecular formula is C26H38N2O2Sn. The maximum atomic E-state index is 14.0. The summed E-state index contributed by atoms with van der Waals surface area (Å²) in [5.41, 5.74) is 3.55. The molecule has 0 heterocycles. The Hall–Kier alpha value is -1.82. The number of nitrogens with zero attached hydrogens (tertiary/aromatic N) is 2. The predicted molar refractivity (Wildman–Crippen MR) is 135 cm³/mol. The van der Waals surface area contributed by atoms with Crippen molar-refractivity contribution in [3.63, 3.8) is 0 Å². The first kappa shape index (κ1) is 25.4. The van der Waals surface area contributed by atoms with Crippen molar-refractivity contribution in [2.24, 2.45) is 0 Å². The quantitative estimate of drug-likeness (QED) is 0.316. The fraction of sp³-hybridized carbons (Fsp3) is 0.462. The fourth-order valence-electron chi connectivity index (χ4n) is 4.01. The third-order valence-corrected chi connectivity index (χ3v) is 19.6. The average Bonchev–Trinajstić information content (AvgIpc) is 2.78. The molecular weight excluding hydrogens is 491 g/mol. The summed E-state index contributed by atoms with van der Waals surface area (Å²) in [5, 5.41) is 0. The molecule has 0 aliphatic heterocycles. The first-order valence-corrected chi connectivity index (χ1v) is 18.3. The molecule has 0 fully saturated rings. The molecule has 0 atom stereocenters. The number of rotatable bonds is 12. The molecule has 0 amide bonds. The number of carbonyl (C=O) groups is 2. The Morgan fingerprint density at radius 3 is 1.23 bits per heavy atom. The van der Waals surface area contributed by atoms with Crippen LogP contribution in [0.5, 0.6) is 0 Å². The van der Waals surface area contributed by atoms with Crippen LogP contribution < -0.4 is 9.80 Å². The van der Waals surface area contributed by atoms with E-state index in [1.165, 1.54) is 0 Å². The summed E-state index contributed by atoms with van der Waals surface area (Å²) >= 11 is -3.90. The molecule has 2 aromatic rings. The van der Waals surface area contributed by atoms with Gasteiger partial charge in [-0.25, -0.2) is 0 Å². The standard InChI is InChI=1S/2C9H10NO.2C4H9.Sn/c2*1-10(2)9-5-3-8(7-11)4-6-9;2*1-3-4-2;/h2*3-6H,1-2H3;2*1,3-4H2,2H3;. The molecule has 0 radical (unpaired) electrons. The summed E-state index contributed by atoms with van der Waals surface area (Å²) in [6.07, 6.45) is 3.90. The minimum absolute atomic E-state index is 0.170. The average molecular weight is 529 g/mol. The number of carbonyl (C=O) groups excluding carboxylic acids is 2. The van der Waals surface area contributed by atoms with Gasteiger partial charge in [0.05, 0.1) is 0 Å². The molecule has 5 heteroatoms. The van der Waals surface area contributed by atoms with E-state index in [1.54, 1.807) is 0 Å². The molecule has 2 aromatic carbocycles. The third-order valence-electron chi connectivity index (χ3n) is 6.08. The van der Waals surface area contributed by atoms with Gasteiger partial charge in [-0.3, -0.25) is 0 Å². The molecule has 0 aliphatic rings. The molecule has 31 heavy (non-hydrogen) atoms. The second-order valence-electron chi connectivity index (χ2n) is 8.83. The van der Waals surface area contributed by atoms with Crippen LogP contribution in [0.4, 0.5) is 11.4 Å². The Morgan fingerprint density at radius 2 is 0.968 bits per heavy atom. The molecule has 0 unspecified atom stereocenters. The fourth-order valence-corrected chi connectivity index (χ4v) is 17.5. The second kappa shape index (κ2) is 11.7. The minimum atomic E-state index is -3.90. The van der Waals surface area contributed by atoms with E-state index in [4.69, 9.17) is 0 Å². The molecule has 0 saturated heterocycles. The van der Waals surface area contributed by atoms with Crippen molar-refractivity contribution in [1.82, 2.24) is 0 Å². The van der Waals surface area contributed by atoms with E-state index >= 15 is 0 Å². The van der Waals surface area contributed by atoms with Crippen LogP contribution in [0.15, 0.2) is 48.5 Å². The number of anilines is 2. The van der Waals surface area contributed by atoms with Crippen LogP contribution in [0.3, 0.4) is 0 Å². The number of benzene rings is 2. The maximum absolute atomic E-state index is 14.0. The van der Waals surface area contributed by atoms with Gasteiger partial charge in [0.2, 0.25) is 0 Å². The van der Waals surface area contributed by atoms with Crippen LogP contribution >= 0.6 is 0 Å². The molecule has 4 nitrogen and oxygen atoms in total. The first-order chi connectivity index (χ1) is 14.8. The third kappa shape index (κ3) is 6.12. The van der Waals surface area contributed by atoms with E-state index < -0.39 is 18.4 Å². The summed E-state index contributed by atoms with van der Waals surface area (Å²) in [6, 6.07) is 15.6. The zero-order chi connectivity index (χ0) is 23.0. The second-order valence-corrected chi connectivity index (χ2v) is 20.5. The van der Waals surface area contributed by atoms with Crippen LogP contribution in [0.2, 0.25) is 8.87 Å². The van der Waals surface area contributed by atoms with Crippen molar-refractivity contribution >= 4 is 37.4 Å². The van der Waals surface area contributed by atoms with E-state index in [0.29, 0.717) is 11.1 Å².